The number of ether oxygens (including phenoxy) is 1. The van der Waals surface area contributed by atoms with Gasteiger partial charge in [-0.05, 0) is 77.3 Å². The van der Waals surface area contributed by atoms with Gasteiger partial charge in [0.2, 0.25) is 0 Å². The van der Waals surface area contributed by atoms with Gasteiger partial charge in [-0.25, -0.2) is 9.18 Å². The van der Waals surface area contributed by atoms with Gasteiger partial charge in [-0.2, -0.15) is 0 Å². The lowest BCUT2D eigenvalue weighted by molar-refractivity contribution is 0.0540. The van der Waals surface area contributed by atoms with Crippen molar-refractivity contribution in [2.75, 3.05) is 0 Å². The van der Waals surface area contributed by atoms with Crippen LogP contribution in [0.25, 0.3) is 11.3 Å². The van der Waals surface area contributed by atoms with Crippen molar-refractivity contribution in [3.05, 3.63) is 44.7 Å². The van der Waals surface area contributed by atoms with Crippen LogP contribution in [0.15, 0.2) is 33.3 Å². The molecule has 0 radical (unpaired) electrons. The van der Waals surface area contributed by atoms with Crippen LogP contribution in [0, 0.1) is 12.7 Å². The van der Waals surface area contributed by atoms with Gasteiger partial charge in [0.05, 0.1) is 5.69 Å². The van der Waals surface area contributed by atoms with Crippen LogP contribution in [0.3, 0.4) is 0 Å². The van der Waals surface area contributed by atoms with Crippen molar-refractivity contribution in [1.29, 1.82) is 0 Å². The van der Waals surface area contributed by atoms with Gasteiger partial charge in [-0.1, -0.05) is 6.07 Å². The number of halogens is 3. The van der Waals surface area contributed by atoms with Crippen molar-refractivity contribution in [2.24, 2.45) is 0 Å². The van der Waals surface area contributed by atoms with Gasteiger partial charge in [0, 0.05) is 20.7 Å². The maximum Gasteiger partial charge on any atom is 0.419 e. The van der Waals surface area contributed by atoms with E-state index < -0.39 is 17.5 Å². The average molecular weight is 433 g/mol. The lowest BCUT2D eigenvalue weighted by atomic mass is 10.1. The zero-order valence-corrected chi connectivity index (χ0v) is 15.9. The Kier molecular flexibility index (Phi) is 4.82. The summed E-state index contributed by atoms with van der Waals surface area (Å²) in [6.45, 7) is 7.22. The van der Waals surface area contributed by atoms with Gasteiger partial charge >= 0.3 is 6.09 Å². The van der Waals surface area contributed by atoms with E-state index >= 15 is 0 Å². The van der Waals surface area contributed by atoms with Gasteiger partial charge in [-0.3, -0.25) is 4.57 Å². The molecule has 0 spiro atoms. The summed E-state index contributed by atoms with van der Waals surface area (Å²) in [5.74, 6) is -0.409. The third kappa shape index (κ3) is 3.60. The normalized spacial score (nSPS) is 11.6. The van der Waals surface area contributed by atoms with Crippen LogP contribution >= 0.6 is 31.9 Å². The Morgan fingerprint density at radius 1 is 1.27 bits per heavy atom. The highest BCUT2D eigenvalue weighted by molar-refractivity contribution is 9.11. The van der Waals surface area contributed by atoms with Crippen molar-refractivity contribution in [1.82, 2.24) is 4.57 Å². The topological polar surface area (TPSA) is 31.2 Å². The van der Waals surface area contributed by atoms with Gasteiger partial charge in [0.25, 0.3) is 0 Å². The lowest BCUT2D eigenvalue weighted by Gasteiger charge is -2.20. The van der Waals surface area contributed by atoms with Crippen LogP contribution in [0.2, 0.25) is 0 Å². The average Bonchev–Trinajstić information content (AvgIpc) is 2.74. The molecular formula is C16H16Br2FNO2. The fraction of sp³-hybridized carbons (Fsp3) is 0.312. The van der Waals surface area contributed by atoms with Crippen LogP contribution in [0.5, 0.6) is 0 Å². The monoisotopic (exact) mass is 431 g/mol. The summed E-state index contributed by atoms with van der Waals surface area (Å²) in [5.41, 5.74) is 1.00. The highest BCUT2D eigenvalue weighted by atomic mass is 79.9. The number of hydrogen-bond donors (Lipinski definition) is 0. The summed E-state index contributed by atoms with van der Waals surface area (Å²) in [4.78, 5) is 12.4. The Labute approximate surface area is 145 Å². The van der Waals surface area contributed by atoms with Gasteiger partial charge in [0.15, 0.2) is 0 Å². The van der Waals surface area contributed by atoms with Crippen LogP contribution in [0.1, 0.15) is 26.3 Å². The van der Waals surface area contributed by atoms with Crippen LogP contribution in [0.4, 0.5) is 9.18 Å². The van der Waals surface area contributed by atoms with E-state index in [4.69, 9.17) is 4.74 Å². The van der Waals surface area contributed by atoms with E-state index in [1.165, 1.54) is 10.6 Å². The zero-order chi connectivity index (χ0) is 16.7. The fourth-order valence-corrected chi connectivity index (χ4v) is 2.92. The summed E-state index contributed by atoms with van der Waals surface area (Å²) < 4.78 is 22.3. The first-order chi connectivity index (χ1) is 10.1. The molecule has 0 amide bonds. The largest absolute Gasteiger partial charge is 0.443 e. The standard InChI is InChI=1S/C16H16Br2FNO2/c1-9-5-6-11(19)13(14(9)18)12-7-10(17)8-20(12)15(21)22-16(2,3)4/h5-8H,1-4H3. The minimum absolute atomic E-state index is 0.330. The maximum atomic E-state index is 14.3. The van der Waals surface area contributed by atoms with Gasteiger partial charge in [-0.15, -0.1) is 0 Å². The Bertz CT molecular complexity index is 732. The van der Waals surface area contributed by atoms with E-state index in [1.807, 2.05) is 6.92 Å². The van der Waals surface area contributed by atoms with Crippen molar-refractivity contribution in [3.8, 4) is 11.3 Å². The first kappa shape index (κ1) is 17.2. The number of hydrogen-bond acceptors (Lipinski definition) is 2. The molecule has 0 bridgehead atoms. The number of carbonyl (C=O) groups is 1. The molecule has 22 heavy (non-hydrogen) atoms. The second-order valence-electron chi connectivity index (χ2n) is 5.95. The highest BCUT2D eigenvalue weighted by Crippen LogP contribution is 2.35. The Hall–Kier alpha value is -1.14. The molecule has 118 valence electrons. The van der Waals surface area contributed by atoms with Crippen LogP contribution < -0.4 is 0 Å². The van der Waals surface area contributed by atoms with E-state index in [9.17, 15) is 9.18 Å². The molecule has 1 aromatic carbocycles. The number of nitrogens with zero attached hydrogens (tertiary/aromatic N) is 1. The minimum atomic E-state index is -0.631. The van der Waals surface area contributed by atoms with Crippen molar-refractivity contribution in [2.45, 2.75) is 33.3 Å². The SMILES string of the molecule is Cc1ccc(F)c(-c2cc(Br)cn2C(=O)OC(C)(C)C)c1Br. The lowest BCUT2D eigenvalue weighted by Crippen LogP contribution is -2.27. The molecular weight excluding hydrogens is 417 g/mol. The predicted octanol–water partition coefficient (Wildman–Crippen LogP) is 5.91. The van der Waals surface area contributed by atoms with Gasteiger partial charge < -0.3 is 4.74 Å². The molecule has 0 saturated heterocycles. The number of carbonyl (C=O) groups excluding carboxylic acids is 1. The molecule has 2 rings (SSSR count). The van der Waals surface area contributed by atoms with E-state index in [1.54, 1.807) is 39.1 Å². The van der Waals surface area contributed by atoms with Crippen molar-refractivity contribution >= 4 is 38.0 Å². The molecule has 0 saturated carbocycles. The molecule has 0 aliphatic rings. The zero-order valence-electron chi connectivity index (χ0n) is 12.7. The molecule has 1 aromatic heterocycles. The third-order valence-corrected chi connectivity index (χ3v) is 4.37. The molecule has 0 N–H and O–H groups in total. The Balaban J connectivity index is 2.59. The number of aromatic nitrogens is 1. The summed E-state index contributed by atoms with van der Waals surface area (Å²) in [6.07, 6.45) is 1.01. The van der Waals surface area contributed by atoms with E-state index in [2.05, 4.69) is 31.9 Å². The molecule has 1 heterocycles. The highest BCUT2D eigenvalue weighted by Gasteiger charge is 2.23. The molecule has 6 heteroatoms. The van der Waals surface area contributed by atoms with Gasteiger partial charge in [0.1, 0.15) is 11.4 Å². The molecule has 0 aliphatic heterocycles. The smallest absolute Gasteiger partial charge is 0.419 e. The molecule has 0 unspecified atom stereocenters. The Morgan fingerprint density at radius 3 is 2.50 bits per heavy atom. The van der Waals surface area contributed by atoms with Crippen molar-refractivity contribution < 1.29 is 13.9 Å². The van der Waals surface area contributed by atoms with E-state index in [0.29, 0.717) is 20.2 Å². The summed E-state index contributed by atoms with van der Waals surface area (Å²) >= 11 is 6.73. The summed E-state index contributed by atoms with van der Waals surface area (Å²) in [6, 6.07) is 4.75. The predicted molar refractivity (Wildman–Crippen MR) is 91.6 cm³/mol. The minimum Gasteiger partial charge on any atom is -0.443 e. The second kappa shape index (κ2) is 6.16. The third-order valence-electron chi connectivity index (χ3n) is 2.92. The quantitative estimate of drug-likeness (QED) is 0.560. The molecule has 3 nitrogen and oxygen atoms in total. The van der Waals surface area contributed by atoms with E-state index in [-0.39, 0.29) is 0 Å². The Morgan fingerprint density at radius 2 is 1.91 bits per heavy atom. The van der Waals surface area contributed by atoms with Crippen LogP contribution in [-0.4, -0.2) is 16.3 Å². The number of benzene rings is 1. The fourth-order valence-electron chi connectivity index (χ4n) is 1.98. The van der Waals surface area contributed by atoms with Crippen molar-refractivity contribution in [3.63, 3.8) is 0 Å². The summed E-state index contributed by atoms with van der Waals surface area (Å²) in [7, 11) is 0. The first-order valence-corrected chi connectivity index (χ1v) is 8.25. The maximum absolute atomic E-state index is 14.3. The number of rotatable bonds is 1. The van der Waals surface area contributed by atoms with Crippen LogP contribution in [-0.2, 0) is 4.74 Å². The molecule has 2 aromatic rings. The molecule has 0 fully saturated rings. The summed E-state index contributed by atoms with van der Waals surface area (Å²) in [5, 5.41) is 0. The molecule has 0 atom stereocenters. The second-order valence-corrected chi connectivity index (χ2v) is 7.66. The first-order valence-electron chi connectivity index (χ1n) is 6.66. The molecule has 0 aliphatic carbocycles. The number of aryl methyl sites for hydroxylation is 1. The van der Waals surface area contributed by atoms with E-state index in [0.717, 1.165) is 5.56 Å².